The van der Waals surface area contributed by atoms with Crippen LogP contribution in [0.4, 0.5) is 5.69 Å². The van der Waals surface area contributed by atoms with E-state index < -0.39 is 0 Å². The van der Waals surface area contributed by atoms with Crippen molar-refractivity contribution in [1.82, 2.24) is 20.1 Å². The van der Waals surface area contributed by atoms with Gasteiger partial charge in [-0.2, -0.15) is 5.10 Å². The third-order valence-electron chi connectivity index (χ3n) is 5.37. The third kappa shape index (κ3) is 5.54. The Kier molecular flexibility index (Phi) is 7.82. The second-order valence-electron chi connectivity index (χ2n) is 7.59. The molecule has 0 unspecified atom stereocenters. The van der Waals surface area contributed by atoms with Gasteiger partial charge in [-0.05, 0) is 48.5 Å². The summed E-state index contributed by atoms with van der Waals surface area (Å²) in [5.41, 5.74) is 4.07. The molecule has 0 radical (unpaired) electrons. The fourth-order valence-corrected chi connectivity index (χ4v) is 4.65. The summed E-state index contributed by atoms with van der Waals surface area (Å²) in [7, 11) is 0. The molecule has 0 saturated carbocycles. The Hall–Kier alpha value is -3.24. The maximum Gasteiger partial charge on any atom is 0.261 e. The van der Waals surface area contributed by atoms with Gasteiger partial charge in [-0.1, -0.05) is 11.6 Å². The van der Waals surface area contributed by atoms with Crippen molar-refractivity contribution in [3.63, 3.8) is 0 Å². The highest BCUT2D eigenvalue weighted by Gasteiger charge is 2.20. The number of anilines is 1. The van der Waals surface area contributed by atoms with Gasteiger partial charge < -0.3 is 15.0 Å². The number of nitrogens with one attached hydrogen (secondary N) is 1. The number of halogens is 2. The molecule has 0 atom stereocenters. The molecular weight excluding hydrogens is 509 g/mol. The van der Waals surface area contributed by atoms with Crippen LogP contribution in [0.25, 0.3) is 16.9 Å². The lowest BCUT2D eigenvalue weighted by atomic mass is 10.1. The molecule has 4 heterocycles. The first-order chi connectivity index (χ1) is 16.6. The summed E-state index contributed by atoms with van der Waals surface area (Å²) in [5.74, 6) is -0.247. The Morgan fingerprint density at radius 1 is 1.14 bits per heavy atom. The molecule has 5 rings (SSSR count). The van der Waals surface area contributed by atoms with E-state index in [-0.39, 0.29) is 30.8 Å². The molecule has 1 N–H and O–H groups in total. The molecule has 35 heavy (non-hydrogen) atoms. The molecule has 1 aliphatic heterocycles. The number of hydrogen-bond donors (Lipinski definition) is 1. The summed E-state index contributed by atoms with van der Waals surface area (Å²) in [6.07, 6.45) is 5.33. The van der Waals surface area contributed by atoms with Crippen LogP contribution in [0.3, 0.4) is 0 Å². The van der Waals surface area contributed by atoms with Crippen molar-refractivity contribution in [2.24, 2.45) is 0 Å². The molecule has 1 aromatic carbocycles. The monoisotopic (exact) mass is 529 g/mol. The summed E-state index contributed by atoms with van der Waals surface area (Å²) < 4.78 is 7.53. The van der Waals surface area contributed by atoms with Crippen LogP contribution in [-0.2, 0) is 16.1 Å². The van der Waals surface area contributed by atoms with Gasteiger partial charge in [0.2, 0.25) is 0 Å². The van der Waals surface area contributed by atoms with Gasteiger partial charge in [-0.15, -0.1) is 23.7 Å². The number of carbonyl (C=O) groups is 2. The average molecular weight is 530 g/mol. The third-order valence-corrected chi connectivity index (χ3v) is 6.60. The van der Waals surface area contributed by atoms with Gasteiger partial charge in [0.05, 0.1) is 27.2 Å². The summed E-state index contributed by atoms with van der Waals surface area (Å²) in [6, 6.07) is 14.8. The largest absolute Gasteiger partial charge is 0.370 e. The molecular formula is C24H21Cl2N5O3S. The standard InChI is InChI=1S/C24H20ClN5O3S.ClH/c25-21-8-7-20(34-21)24(32)27-13-17-14-30(28-23(17)16-2-1-9-26-12-16)19-5-3-18(4-6-19)29-10-11-33-15-22(29)31;/h1-9,12,14H,10-11,13,15H2,(H,27,32);1H. The fraction of sp³-hybridized carbons (Fsp3) is 0.167. The first kappa shape index (κ1) is 24.9. The Balaban J connectivity index is 0.00000289. The number of nitrogens with zero attached hydrogens (tertiary/aromatic N) is 4. The first-order valence-electron chi connectivity index (χ1n) is 10.6. The zero-order valence-electron chi connectivity index (χ0n) is 18.4. The second-order valence-corrected chi connectivity index (χ2v) is 9.31. The van der Waals surface area contributed by atoms with Crippen LogP contribution < -0.4 is 10.2 Å². The lowest BCUT2D eigenvalue weighted by molar-refractivity contribution is -0.125. The van der Waals surface area contributed by atoms with E-state index >= 15 is 0 Å². The number of benzene rings is 1. The van der Waals surface area contributed by atoms with Crippen molar-refractivity contribution >= 4 is 52.8 Å². The van der Waals surface area contributed by atoms with Crippen LogP contribution in [0.5, 0.6) is 0 Å². The number of ether oxygens (including phenoxy) is 1. The van der Waals surface area contributed by atoms with Crippen molar-refractivity contribution in [1.29, 1.82) is 0 Å². The van der Waals surface area contributed by atoms with E-state index in [2.05, 4.69) is 10.3 Å². The molecule has 8 nitrogen and oxygen atoms in total. The predicted octanol–water partition coefficient (Wildman–Crippen LogP) is 4.36. The van der Waals surface area contributed by atoms with Gasteiger partial charge in [0.15, 0.2) is 0 Å². The highest BCUT2D eigenvalue weighted by atomic mass is 35.5. The number of rotatable bonds is 6. The van der Waals surface area contributed by atoms with Crippen molar-refractivity contribution in [2.75, 3.05) is 24.7 Å². The SMILES string of the molecule is Cl.O=C(NCc1cn(-c2ccc(N3CCOCC3=O)cc2)nc1-c1cccnc1)c1ccc(Cl)s1. The zero-order chi connectivity index (χ0) is 23.5. The Bertz CT molecular complexity index is 1320. The number of hydrogen-bond acceptors (Lipinski definition) is 6. The maximum absolute atomic E-state index is 12.5. The van der Waals surface area contributed by atoms with Gasteiger partial charge in [0.25, 0.3) is 11.8 Å². The molecule has 4 aromatic rings. The van der Waals surface area contributed by atoms with E-state index in [0.717, 1.165) is 28.2 Å². The lowest BCUT2D eigenvalue weighted by Crippen LogP contribution is -2.41. The first-order valence-corrected chi connectivity index (χ1v) is 11.8. The maximum atomic E-state index is 12.5. The second kappa shape index (κ2) is 11.0. The van der Waals surface area contributed by atoms with Crippen molar-refractivity contribution < 1.29 is 14.3 Å². The number of amides is 2. The number of aromatic nitrogens is 3. The van der Waals surface area contributed by atoms with Crippen LogP contribution in [0, 0.1) is 0 Å². The fourth-order valence-electron chi connectivity index (χ4n) is 3.69. The number of morpholine rings is 1. The van der Waals surface area contributed by atoms with Gasteiger partial charge in [0, 0.05) is 48.5 Å². The molecule has 1 aliphatic rings. The van der Waals surface area contributed by atoms with Gasteiger partial charge in [-0.3, -0.25) is 14.6 Å². The quantitative estimate of drug-likeness (QED) is 0.400. The highest BCUT2D eigenvalue weighted by Crippen LogP contribution is 2.25. The Morgan fingerprint density at radius 2 is 1.94 bits per heavy atom. The summed E-state index contributed by atoms with van der Waals surface area (Å²) in [4.78, 5) is 31.1. The van der Waals surface area contributed by atoms with E-state index in [1.807, 2.05) is 42.6 Å². The van der Waals surface area contributed by atoms with E-state index in [0.29, 0.717) is 28.9 Å². The normalized spacial score (nSPS) is 13.4. The summed E-state index contributed by atoms with van der Waals surface area (Å²) >= 11 is 7.19. The minimum atomic E-state index is -0.193. The van der Waals surface area contributed by atoms with E-state index in [4.69, 9.17) is 21.4 Å². The van der Waals surface area contributed by atoms with E-state index in [1.54, 1.807) is 34.1 Å². The zero-order valence-corrected chi connectivity index (χ0v) is 20.8. The molecule has 1 fully saturated rings. The van der Waals surface area contributed by atoms with Crippen molar-refractivity contribution in [3.8, 4) is 16.9 Å². The topological polar surface area (TPSA) is 89.4 Å². The van der Waals surface area contributed by atoms with Crippen LogP contribution in [0.15, 0.2) is 67.1 Å². The van der Waals surface area contributed by atoms with Crippen molar-refractivity contribution in [3.05, 3.63) is 81.9 Å². The van der Waals surface area contributed by atoms with Crippen LogP contribution >= 0.6 is 35.3 Å². The summed E-state index contributed by atoms with van der Waals surface area (Å²) in [6.45, 7) is 1.44. The lowest BCUT2D eigenvalue weighted by Gasteiger charge is -2.26. The number of pyridine rings is 1. The molecule has 11 heteroatoms. The number of carbonyl (C=O) groups excluding carboxylic acids is 2. The van der Waals surface area contributed by atoms with Crippen LogP contribution in [-0.4, -0.2) is 46.3 Å². The van der Waals surface area contributed by atoms with Gasteiger partial charge in [-0.25, -0.2) is 4.68 Å². The van der Waals surface area contributed by atoms with E-state index in [9.17, 15) is 9.59 Å². The van der Waals surface area contributed by atoms with Gasteiger partial charge in [0.1, 0.15) is 6.61 Å². The molecule has 180 valence electrons. The minimum Gasteiger partial charge on any atom is -0.370 e. The molecule has 0 spiro atoms. The number of thiophene rings is 1. The molecule has 0 aliphatic carbocycles. The Labute approximate surface area is 216 Å². The summed E-state index contributed by atoms with van der Waals surface area (Å²) in [5, 5.41) is 7.71. The van der Waals surface area contributed by atoms with Crippen LogP contribution in [0.2, 0.25) is 4.34 Å². The minimum absolute atomic E-state index is 0. The molecule has 1 saturated heterocycles. The Morgan fingerprint density at radius 3 is 2.63 bits per heavy atom. The average Bonchev–Trinajstić information content (AvgIpc) is 3.50. The smallest absolute Gasteiger partial charge is 0.261 e. The highest BCUT2D eigenvalue weighted by molar-refractivity contribution is 7.18. The van der Waals surface area contributed by atoms with E-state index in [1.165, 1.54) is 11.3 Å². The molecule has 0 bridgehead atoms. The molecule has 3 aromatic heterocycles. The van der Waals surface area contributed by atoms with Crippen LogP contribution in [0.1, 0.15) is 15.2 Å². The van der Waals surface area contributed by atoms with Gasteiger partial charge >= 0.3 is 0 Å². The van der Waals surface area contributed by atoms with Crippen molar-refractivity contribution in [2.45, 2.75) is 6.54 Å². The predicted molar refractivity (Wildman–Crippen MR) is 138 cm³/mol. The molecule has 2 amide bonds.